The second kappa shape index (κ2) is 8.15. The highest BCUT2D eigenvalue weighted by Gasteiger charge is 2.20. The summed E-state index contributed by atoms with van der Waals surface area (Å²) < 4.78 is 23.6. The van der Waals surface area contributed by atoms with Crippen LogP contribution >= 0.6 is 0 Å². The van der Waals surface area contributed by atoms with Crippen LogP contribution in [0.4, 0.5) is 10.1 Å². The summed E-state index contributed by atoms with van der Waals surface area (Å²) in [6, 6.07) is 6.02. The van der Waals surface area contributed by atoms with E-state index in [0.29, 0.717) is 0 Å². The fourth-order valence-electron chi connectivity index (χ4n) is 1.99. The summed E-state index contributed by atoms with van der Waals surface area (Å²) in [7, 11) is 1.33. The first-order chi connectivity index (χ1) is 12.0. The van der Waals surface area contributed by atoms with E-state index in [2.05, 4.69) is 10.4 Å². The summed E-state index contributed by atoms with van der Waals surface area (Å²) >= 11 is 0. The molecule has 132 valence electrons. The fraction of sp³-hybridized carbons (Fsp3) is 0.250. The van der Waals surface area contributed by atoms with Gasteiger partial charge < -0.3 is 14.8 Å². The van der Waals surface area contributed by atoms with Crippen LogP contribution in [0.5, 0.6) is 0 Å². The van der Waals surface area contributed by atoms with E-state index in [-0.39, 0.29) is 30.3 Å². The van der Waals surface area contributed by atoms with Crippen LogP contribution in [0.1, 0.15) is 17.4 Å². The summed E-state index contributed by atoms with van der Waals surface area (Å²) in [5.41, 5.74) is -0.710. The normalized spacial score (nSPS) is 10.4. The first kappa shape index (κ1) is 18.3. The Labute approximate surface area is 142 Å². The lowest BCUT2D eigenvalue weighted by Crippen LogP contribution is -2.28. The van der Waals surface area contributed by atoms with E-state index < -0.39 is 23.3 Å². The zero-order valence-corrected chi connectivity index (χ0v) is 13.6. The number of hydrogen-bond acceptors (Lipinski definition) is 6. The number of rotatable bonds is 6. The van der Waals surface area contributed by atoms with Crippen molar-refractivity contribution in [1.29, 1.82) is 0 Å². The number of halogens is 1. The molecule has 0 atom stereocenters. The van der Waals surface area contributed by atoms with Crippen molar-refractivity contribution < 1.29 is 23.5 Å². The second-order valence-corrected chi connectivity index (χ2v) is 4.83. The number of esters is 1. The molecule has 0 bridgehead atoms. The van der Waals surface area contributed by atoms with E-state index in [1.54, 1.807) is 6.92 Å². The van der Waals surface area contributed by atoms with Crippen LogP contribution < -0.4 is 10.9 Å². The maximum absolute atomic E-state index is 13.0. The smallest absolute Gasteiger partial charge is 0.360 e. The number of ether oxygens (including phenoxy) is 2. The first-order valence-corrected chi connectivity index (χ1v) is 7.32. The Bertz CT molecular complexity index is 833. The lowest BCUT2D eigenvalue weighted by molar-refractivity contribution is -0.119. The summed E-state index contributed by atoms with van der Waals surface area (Å²) in [5.74, 6) is -1.86. The Morgan fingerprint density at radius 2 is 1.96 bits per heavy atom. The average molecular weight is 349 g/mol. The van der Waals surface area contributed by atoms with Crippen molar-refractivity contribution >= 4 is 17.6 Å². The van der Waals surface area contributed by atoms with Crippen LogP contribution in [0.25, 0.3) is 5.69 Å². The maximum atomic E-state index is 13.0. The predicted octanol–water partition coefficient (Wildman–Crippen LogP) is 1.13. The van der Waals surface area contributed by atoms with E-state index in [9.17, 15) is 18.8 Å². The molecule has 9 heteroatoms. The largest absolute Gasteiger partial charge is 0.461 e. The quantitative estimate of drug-likeness (QED) is 0.785. The lowest BCUT2D eigenvalue weighted by atomic mass is 10.3. The van der Waals surface area contributed by atoms with Gasteiger partial charge in [0.1, 0.15) is 12.4 Å². The Hall–Kier alpha value is -3.07. The molecule has 1 aromatic heterocycles. The Morgan fingerprint density at radius 3 is 2.56 bits per heavy atom. The van der Waals surface area contributed by atoms with Crippen LogP contribution in [0.2, 0.25) is 0 Å². The molecule has 1 aromatic carbocycles. The van der Waals surface area contributed by atoms with E-state index in [1.165, 1.54) is 19.2 Å². The number of nitrogens with one attached hydrogen (secondary N) is 1. The number of carbonyl (C=O) groups is 2. The van der Waals surface area contributed by atoms with Gasteiger partial charge in [0.05, 0.1) is 18.0 Å². The molecular weight excluding hydrogens is 333 g/mol. The van der Waals surface area contributed by atoms with E-state index in [0.717, 1.165) is 22.9 Å². The zero-order valence-electron chi connectivity index (χ0n) is 13.6. The van der Waals surface area contributed by atoms with Crippen molar-refractivity contribution in [2.45, 2.75) is 6.92 Å². The SMILES string of the molecule is CCOC(=O)c1nn(-c2ccc(F)cc2)c(=O)cc1NC(=O)COC. The summed E-state index contributed by atoms with van der Waals surface area (Å²) in [4.78, 5) is 36.1. The Morgan fingerprint density at radius 1 is 1.28 bits per heavy atom. The van der Waals surface area contributed by atoms with Gasteiger partial charge in [-0.1, -0.05) is 0 Å². The molecule has 0 aliphatic rings. The van der Waals surface area contributed by atoms with Gasteiger partial charge in [0.2, 0.25) is 5.91 Å². The van der Waals surface area contributed by atoms with Crippen LogP contribution in [0, 0.1) is 5.82 Å². The van der Waals surface area contributed by atoms with Crippen molar-refractivity contribution in [2.24, 2.45) is 0 Å². The number of aromatic nitrogens is 2. The zero-order chi connectivity index (χ0) is 18.4. The highest BCUT2D eigenvalue weighted by atomic mass is 19.1. The number of benzene rings is 1. The first-order valence-electron chi connectivity index (χ1n) is 7.32. The van der Waals surface area contributed by atoms with Crippen LogP contribution in [-0.2, 0) is 14.3 Å². The molecule has 25 heavy (non-hydrogen) atoms. The third-order valence-electron chi connectivity index (χ3n) is 3.02. The van der Waals surface area contributed by atoms with Gasteiger partial charge in [-0.05, 0) is 31.2 Å². The van der Waals surface area contributed by atoms with Crippen LogP contribution in [0.3, 0.4) is 0 Å². The molecule has 0 saturated carbocycles. The molecule has 2 rings (SSSR count). The fourth-order valence-corrected chi connectivity index (χ4v) is 1.99. The summed E-state index contributed by atoms with van der Waals surface area (Å²) in [6.07, 6.45) is 0. The van der Waals surface area contributed by atoms with Crippen molar-refractivity contribution in [3.63, 3.8) is 0 Å². The molecule has 0 fully saturated rings. The molecule has 2 aromatic rings. The van der Waals surface area contributed by atoms with Gasteiger partial charge in [0.25, 0.3) is 5.56 Å². The number of methoxy groups -OCH3 is 1. The average Bonchev–Trinajstić information content (AvgIpc) is 2.56. The molecule has 1 heterocycles. The summed E-state index contributed by atoms with van der Waals surface area (Å²) in [5, 5.41) is 6.33. The summed E-state index contributed by atoms with van der Waals surface area (Å²) in [6.45, 7) is 1.43. The minimum atomic E-state index is -0.814. The highest BCUT2D eigenvalue weighted by Crippen LogP contribution is 2.14. The predicted molar refractivity (Wildman–Crippen MR) is 86.3 cm³/mol. The minimum absolute atomic E-state index is 0.0850. The Balaban J connectivity index is 2.52. The van der Waals surface area contributed by atoms with Gasteiger partial charge in [0.15, 0.2) is 5.69 Å². The topological polar surface area (TPSA) is 99.5 Å². The van der Waals surface area contributed by atoms with Gasteiger partial charge in [-0.25, -0.2) is 9.18 Å². The molecule has 0 aliphatic heterocycles. The number of amides is 1. The van der Waals surface area contributed by atoms with Crippen molar-refractivity contribution in [1.82, 2.24) is 9.78 Å². The molecule has 0 radical (unpaired) electrons. The molecule has 8 nitrogen and oxygen atoms in total. The molecular formula is C16H16FN3O5. The number of carbonyl (C=O) groups excluding carboxylic acids is 2. The maximum Gasteiger partial charge on any atom is 0.360 e. The number of hydrogen-bond donors (Lipinski definition) is 1. The molecule has 1 N–H and O–H groups in total. The molecule has 0 spiro atoms. The number of anilines is 1. The van der Waals surface area contributed by atoms with Crippen molar-refractivity contribution in [3.05, 3.63) is 52.2 Å². The Kier molecular flexibility index (Phi) is 5.96. The standard InChI is InChI=1S/C16H16FN3O5/c1-3-25-16(23)15-12(18-13(21)9-24-2)8-14(22)20(19-15)11-6-4-10(17)5-7-11/h4-8H,3,9H2,1-2H3,(H,18,21). The third-order valence-corrected chi connectivity index (χ3v) is 3.02. The van der Waals surface area contributed by atoms with Gasteiger partial charge >= 0.3 is 5.97 Å². The van der Waals surface area contributed by atoms with E-state index in [4.69, 9.17) is 9.47 Å². The molecule has 1 amide bonds. The van der Waals surface area contributed by atoms with E-state index in [1.807, 2.05) is 0 Å². The molecule has 0 aliphatic carbocycles. The van der Waals surface area contributed by atoms with Crippen molar-refractivity contribution in [3.8, 4) is 5.69 Å². The third kappa shape index (κ3) is 4.48. The lowest BCUT2D eigenvalue weighted by Gasteiger charge is -2.12. The second-order valence-electron chi connectivity index (χ2n) is 4.83. The van der Waals surface area contributed by atoms with E-state index >= 15 is 0 Å². The van der Waals surface area contributed by atoms with Gasteiger partial charge in [-0.15, -0.1) is 0 Å². The van der Waals surface area contributed by atoms with Gasteiger partial charge in [-0.3, -0.25) is 9.59 Å². The van der Waals surface area contributed by atoms with Gasteiger partial charge in [0, 0.05) is 13.2 Å². The van der Waals surface area contributed by atoms with Crippen LogP contribution in [-0.4, -0.2) is 42.0 Å². The monoisotopic (exact) mass is 349 g/mol. The number of nitrogens with zero attached hydrogens (tertiary/aromatic N) is 2. The van der Waals surface area contributed by atoms with Crippen molar-refractivity contribution in [2.75, 3.05) is 25.6 Å². The van der Waals surface area contributed by atoms with Gasteiger partial charge in [-0.2, -0.15) is 9.78 Å². The molecule has 0 saturated heterocycles. The van der Waals surface area contributed by atoms with Crippen LogP contribution in [0.15, 0.2) is 35.1 Å². The highest BCUT2D eigenvalue weighted by molar-refractivity contribution is 6.00. The molecule has 0 unspecified atom stereocenters. The minimum Gasteiger partial charge on any atom is -0.461 e.